The van der Waals surface area contributed by atoms with Crippen molar-refractivity contribution in [3.63, 3.8) is 0 Å². The molecule has 0 atom stereocenters. The minimum atomic E-state index is -0.246. The third kappa shape index (κ3) is 3.05. The van der Waals surface area contributed by atoms with Crippen molar-refractivity contribution in [1.29, 1.82) is 0 Å². The highest BCUT2D eigenvalue weighted by molar-refractivity contribution is 5.53. The number of halogens is 1. The summed E-state index contributed by atoms with van der Waals surface area (Å²) < 4.78 is 14.6. The van der Waals surface area contributed by atoms with Crippen LogP contribution in [0.2, 0.25) is 0 Å². The smallest absolute Gasteiger partial charge is 0.247 e. The molecule has 6 nitrogen and oxygen atoms in total. The highest BCUT2D eigenvalue weighted by atomic mass is 19.1. The highest BCUT2D eigenvalue weighted by Crippen LogP contribution is 2.13. The molecule has 3 heterocycles. The number of anilines is 2. The summed E-state index contributed by atoms with van der Waals surface area (Å²) >= 11 is 0. The Bertz CT molecular complexity index is 965. The summed E-state index contributed by atoms with van der Waals surface area (Å²) in [5, 5.41) is 7.48. The van der Waals surface area contributed by atoms with E-state index in [9.17, 15) is 4.39 Å². The van der Waals surface area contributed by atoms with Crippen molar-refractivity contribution in [3.05, 3.63) is 78.3 Å². The number of benzene rings is 1. The van der Waals surface area contributed by atoms with Crippen molar-refractivity contribution in [2.75, 3.05) is 5.32 Å². The molecule has 3 aromatic heterocycles. The van der Waals surface area contributed by atoms with Crippen molar-refractivity contribution < 1.29 is 4.39 Å². The van der Waals surface area contributed by atoms with Crippen LogP contribution in [0.4, 0.5) is 16.0 Å². The predicted molar refractivity (Wildman–Crippen MR) is 87.5 cm³/mol. The zero-order valence-corrected chi connectivity index (χ0v) is 12.6. The van der Waals surface area contributed by atoms with E-state index >= 15 is 0 Å². The van der Waals surface area contributed by atoms with Crippen LogP contribution in [0.3, 0.4) is 0 Å². The first-order valence-corrected chi connectivity index (χ1v) is 7.39. The summed E-state index contributed by atoms with van der Waals surface area (Å²) in [6.07, 6.45) is 7.49. The molecule has 0 aliphatic heterocycles. The van der Waals surface area contributed by atoms with Gasteiger partial charge in [-0.05, 0) is 29.8 Å². The monoisotopic (exact) mass is 320 g/mol. The number of rotatable bonds is 4. The lowest BCUT2D eigenvalue weighted by Crippen LogP contribution is -1.97. The van der Waals surface area contributed by atoms with Crippen LogP contribution >= 0.6 is 0 Å². The van der Waals surface area contributed by atoms with E-state index in [2.05, 4.69) is 25.4 Å². The second-order valence-corrected chi connectivity index (χ2v) is 5.29. The Morgan fingerprint density at radius 1 is 1.08 bits per heavy atom. The van der Waals surface area contributed by atoms with Gasteiger partial charge >= 0.3 is 0 Å². The van der Waals surface area contributed by atoms with Crippen molar-refractivity contribution in [1.82, 2.24) is 24.6 Å². The molecule has 4 rings (SSSR count). The van der Waals surface area contributed by atoms with Gasteiger partial charge in [0.25, 0.3) is 0 Å². The fourth-order valence-electron chi connectivity index (χ4n) is 2.35. The van der Waals surface area contributed by atoms with Crippen molar-refractivity contribution in [3.8, 4) is 0 Å². The molecule has 4 aromatic rings. The Morgan fingerprint density at radius 3 is 2.75 bits per heavy atom. The van der Waals surface area contributed by atoms with Crippen LogP contribution in [0.15, 0.2) is 61.2 Å². The third-order valence-electron chi connectivity index (χ3n) is 3.49. The zero-order chi connectivity index (χ0) is 16.4. The first-order chi connectivity index (χ1) is 11.8. The second-order valence-electron chi connectivity index (χ2n) is 5.29. The van der Waals surface area contributed by atoms with E-state index in [-0.39, 0.29) is 5.82 Å². The molecule has 0 radical (unpaired) electrons. The Labute approximate surface area is 137 Å². The molecule has 24 heavy (non-hydrogen) atoms. The zero-order valence-electron chi connectivity index (χ0n) is 12.6. The molecule has 0 saturated carbocycles. The van der Waals surface area contributed by atoms with Gasteiger partial charge in [-0.2, -0.15) is 4.98 Å². The Hall–Kier alpha value is -3.35. The van der Waals surface area contributed by atoms with E-state index < -0.39 is 0 Å². The van der Waals surface area contributed by atoms with Gasteiger partial charge in [0.15, 0.2) is 5.65 Å². The standard InChI is InChI=1S/C17H13FN6/c18-13-5-3-12(4-6-13)8-15-11-24-16(10-20-15)22-17(23-24)21-14-2-1-7-19-9-14/h1-7,9-11H,8H2,(H,21,23). The molecular weight excluding hydrogens is 307 g/mol. The second kappa shape index (κ2) is 6.04. The molecular formula is C17H13FN6. The number of aromatic nitrogens is 5. The van der Waals surface area contributed by atoms with Gasteiger partial charge in [0.1, 0.15) is 5.82 Å². The molecule has 1 aromatic carbocycles. The van der Waals surface area contributed by atoms with Crippen LogP contribution in [-0.4, -0.2) is 24.6 Å². The van der Waals surface area contributed by atoms with Gasteiger partial charge in [0.2, 0.25) is 5.95 Å². The van der Waals surface area contributed by atoms with Crippen LogP contribution in [0, 0.1) is 5.82 Å². The summed E-state index contributed by atoms with van der Waals surface area (Å²) in [7, 11) is 0. The van der Waals surface area contributed by atoms with Gasteiger partial charge in [0, 0.05) is 12.6 Å². The molecule has 0 unspecified atom stereocenters. The number of fused-ring (bicyclic) bond motifs is 1. The van der Waals surface area contributed by atoms with Crippen molar-refractivity contribution in [2.24, 2.45) is 0 Å². The SMILES string of the molecule is Fc1ccc(Cc2cn3nc(Nc4cccnc4)nc3cn2)cc1. The normalized spacial score (nSPS) is 10.9. The van der Waals surface area contributed by atoms with Crippen LogP contribution in [0.1, 0.15) is 11.3 Å². The molecule has 0 amide bonds. The van der Waals surface area contributed by atoms with Gasteiger partial charge in [-0.25, -0.2) is 8.91 Å². The first-order valence-electron chi connectivity index (χ1n) is 7.39. The minimum Gasteiger partial charge on any atom is -0.321 e. The Kier molecular flexibility index (Phi) is 3.59. The highest BCUT2D eigenvalue weighted by Gasteiger charge is 2.06. The van der Waals surface area contributed by atoms with E-state index in [0.717, 1.165) is 16.9 Å². The molecule has 0 saturated heterocycles. The lowest BCUT2D eigenvalue weighted by atomic mass is 10.1. The number of nitrogens with zero attached hydrogens (tertiary/aromatic N) is 5. The first kappa shape index (κ1) is 14.3. The molecule has 0 aliphatic rings. The van der Waals surface area contributed by atoms with E-state index in [1.165, 1.54) is 12.1 Å². The summed E-state index contributed by atoms with van der Waals surface area (Å²) in [6, 6.07) is 10.1. The van der Waals surface area contributed by atoms with E-state index in [1.54, 1.807) is 35.2 Å². The fourth-order valence-corrected chi connectivity index (χ4v) is 2.35. The minimum absolute atomic E-state index is 0.246. The topological polar surface area (TPSA) is 68.0 Å². The molecule has 118 valence electrons. The maximum Gasteiger partial charge on any atom is 0.247 e. The predicted octanol–water partition coefficient (Wildman–Crippen LogP) is 2.99. The van der Waals surface area contributed by atoms with Gasteiger partial charge in [0.05, 0.1) is 30.0 Å². The Morgan fingerprint density at radius 2 is 1.96 bits per heavy atom. The quantitative estimate of drug-likeness (QED) is 0.626. The van der Waals surface area contributed by atoms with E-state index in [4.69, 9.17) is 0 Å². The number of hydrogen-bond acceptors (Lipinski definition) is 5. The van der Waals surface area contributed by atoms with E-state index in [0.29, 0.717) is 18.0 Å². The van der Waals surface area contributed by atoms with Gasteiger partial charge in [-0.1, -0.05) is 12.1 Å². The van der Waals surface area contributed by atoms with Crippen molar-refractivity contribution in [2.45, 2.75) is 6.42 Å². The molecule has 7 heteroatoms. The maximum absolute atomic E-state index is 13.0. The van der Waals surface area contributed by atoms with Gasteiger partial charge in [-0.15, -0.1) is 5.10 Å². The summed E-state index contributed by atoms with van der Waals surface area (Å²) in [4.78, 5) is 12.8. The van der Waals surface area contributed by atoms with Gasteiger partial charge < -0.3 is 5.32 Å². The largest absolute Gasteiger partial charge is 0.321 e. The van der Waals surface area contributed by atoms with Crippen LogP contribution in [0.25, 0.3) is 5.65 Å². The van der Waals surface area contributed by atoms with Crippen LogP contribution in [-0.2, 0) is 6.42 Å². The van der Waals surface area contributed by atoms with Crippen molar-refractivity contribution >= 4 is 17.3 Å². The Balaban J connectivity index is 1.57. The molecule has 0 aliphatic carbocycles. The van der Waals surface area contributed by atoms with Crippen LogP contribution in [0.5, 0.6) is 0 Å². The molecule has 0 spiro atoms. The average Bonchev–Trinajstić information content (AvgIpc) is 2.99. The molecule has 1 N–H and O–H groups in total. The summed E-state index contributed by atoms with van der Waals surface area (Å²) in [5.74, 6) is 0.230. The molecule has 0 bridgehead atoms. The average molecular weight is 320 g/mol. The lowest BCUT2D eigenvalue weighted by Gasteiger charge is -2.01. The number of pyridine rings is 1. The van der Waals surface area contributed by atoms with Gasteiger partial charge in [-0.3, -0.25) is 9.97 Å². The fraction of sp³-hybridized carbons (Fsp3) is 0.0588. The molecule has 0 fully saturated rings. The third-order valence-corrected chi connectivity index (χ3v) is 3.49. The van der Waals surface area contributed by atoms with E-state index in [1.807, 2.05) is 18.3 Å². The lowest BCUT2D eigenvalue weighted by molar-refractivity contribution is 0.627. The number of nitrogens with one attached hydrogen (secondary N) is 1. The summed E-state index contributed by atoms with van der Waals surface area (Å²) in [5.41, 5.74) is 3.26. The summed E-state index contributed by atoms with van der Waals surface area (Å²) in [6.45, 7) is 0. The maximum atomic E-state index is 13.0. The number of hydrogen-bond donors (Lipinski definition) is 1. The van der Waals surface area contributed by atoms with Crippen LogP contribution < -0.4 is 5.32 Å².